The molecule has 192 valence electrons. The summed E-state index contributed by atoms with van der Waals surface area (Å²) in [5.41, 5.74) is -4.20. The van der Waals surface area contributed by atoms with Gasteiger partial charge in [-0.3, -0.25) is 5.32 Å². The number of anilines is 1. The van der Waals surface area contributed by atoms with Crippen molar-refractivity contribution in [2.45, 2.75) is 37.6 Å². The minimum atomic E-state index is -5.02. The third-order valence-corrected chi connectivity index (χ3v) is 6.94. The van der Waals surface area contributed by atoms with Crippen LogP contribution in [-0.4, -0.2) is 27.9 Å². The molecule has 0 aliphatic carbocycles. The number of nitriles is 1. The van der Waals surface area contributed by atoms with Gasteiger partial charge in [0, 0.05) is 16.3 Å². The van der Waals surface area contributed by atoms with Crippen LogP contribution >= 0.6 is 23.1 Å². The number of fused-ring (bicyclic) bond motifs is 2. The summed E-state index contributed by atoms with van der Waals surface area (Å²) in [6.45, 7) is 4.81. The summed E-state index contributed by atoms with van der Waals surface area (Å²) in [4.78, 5) is 20.1. The maximum absolute atomic E-state index is 15.9. The lowest BCUT2D eigenvalue weighted by atomic mass is 9.93. The molecular formula is C24H17F5N4O2S2. The number of thiophene rings is 1. The average Bonchev–Trinajstić information content (AvgIpc) is 3.16. The fourth-order valence-electron chi connectivity index (χ4n) is 3.76. The third kappa shape index (κ3) is 4.91. The summed E-state index contributed by atoms with van der Waals surface area (Å²) in [7, 11) is 0. The minimum absolute atomic E-state index is 0.139. The number of benzene rings is 2. The van der Waals surface area contributed by atoms with Gasteiger partial charge < -0.3 is 4.74 Å². The number of nitrogens with zero attached hydrogens (tertiary/aromatic N) is 3. The number of halogens is 5. The number of carbonyl (C=O) groups excluding carboxylic acids is 1. The monoisotopic (exact) mass is 552 g/mol. The first-order valence-electron chi connectivity index (χ1n) is 10.5. The van der Waals surface area contributed by atoms with Gasteiger partial charge >= 0.3 is 12.3 Å². The molecule has 0 atom stereocenters. The number of hydrogen-bond acceptors (Lipinski definition) is 7. The maximum atomic E-state index is 15.9. The highest BCUT2D eigenvalue weighted by molar-refractivity contribution is 7.98. The number of ether oxygens (including phenoxy) is 1. The van der Waals surface area contributed by atoms with Crippen molar-refractivity contribution in [3.8, 4) is 17.2 Å². The topological polar surface area (TPSA) is 87.9 Å². The first kappa shape index (κ1) is 26.6. The quantitative estimate of drug-likeness (QED) is 0.159. The van der Waals surface area contributed by atoms with E-state index in [1.165, 1.54) is 0 Å². The predicted molar refractivity (Wildman–Crippen MR) is 132 cm³/mol. The molecule has 37 heavy (non-hydrogen) atoms. The van der Waals surface area contributed by atoms with Crippen LogP contribution in [0.3, 0.4) is 0 Å². The van der Waals surface area contributed by atoms with Gasteiger partial charge in [0.15, 0.2) is 5.82 Å². The van der Waals surface area contributed by atoms with Crippen LogP contribution in [0.5, 0.6) is 0 Å². The molecule has 0 spiro atoms. The van der Waals surface area contributed by atoms with Crippen LogP contribution < -0.4 is 5.32 Å². The maximum Gasteiger partial charge on any atom is 0.417 e. The molecular weight excluding hydrogens is 535 g/mol. The van der Waals surface area contributed by atoms with Gasteiger partial charge in [-0.1, -0.05) is 6.07 Å². The lowest BCUT2D eigenvalue weighted by molar-refractivity contribution is -0.137. The van der Waals surface area contributed by atoms with E-state index in [2.05, 4.69) is 15.3 Å². The largest absolute Gasteiger partial charge is 0.444 e. The van der Waals surface area contributed by atoms with E-state index in [0.717, 1.165) is 36.3 Å². The molecule has 1 amide bonds. The molecule has 13 heteroatoms. The van der Waals surface area contributed by atoms with Crippen LogP contribution in [0.25, 0.3) is 32.1 Å². The first-order chi connectivity index (χ1) is 17.3. The van der Waals surface area contributed by atoms with E-state index in [4.69, 9.17) is 4.74 Å². The molecule has 0 fully saturated rings. The van der Waals surface area contributed by atoms with E-state index in [1.807, 2.05) is 0 Å². The molecule has 2 aromatic heterocycles. The number of thioether (sulfide) groups is 1. The Morgan fingerprint density at radius 1 is 1.19 bits per heavy atom. The van der Waals surface area contributed by atoms with E-state index < -0.39 is 40.6 Å². The highest BCUT2D eigenvalue weighted by atomic mass is 32.2. The van der Waals surface area contributed by atoms with Gasteiger partial charge in [-0.05, 0) is 44.7 Å². The molecule has 0 unspecified atom stereocenters. The van der Waals surface area contributed by atoms with Gasteiger partial charge in [0.2, 0.25) is 0 Å². The molecule has 4 aromatic rings. The molecule has 0 radical (unpaired) electrons. The second-order valence-electron chi connectivity index (χ2n) is 8.73. The second kappa shape index (κ2) is 9.42. The fraction of sp³-hybridized carbons (Fsp3) is 0.250. The Kier molecular flexibility index (Phi) is 6.76. The van der Waals surface area contributed by atoms with E-state index in [1.54, 1.807) is 33.1 Å². The number of rotatable bonds is 3. The highest BCUT2D eigenvalue weighted by Gasteiger charge is 2.38. The Morgan fingerprint density at radius 2 is 1.89 bits per heavy atom. The Labute approximate surface area is 215 Å². The molecule has 6 nitrogen and oxygen atoms in total. The van der Waals surface area contributed by atoms with Crippen LogP contribution in [0.2, 0.25) is 0 Å². The molecule has 2 heterocycles. The summed E-state index contributed by atoms with van der Waals surface area (Å²) in [6.07, 6.45) is -3.36. The van der Waals surface area contributed by atoms with Crippen molar-refractivity contribution < 1.29 is 31.5 Å². The fourth-order valence-corrected chi connectivity index (χ4v) is 5.35. The number of alkyl halides is 3. The Bertz CT molecular complexity index is 1600. The first-order valence-corrected chi connectivity index (χ1v) is 12.5. The van der Waals surface area contributed by atoms with Crippen molar-refractivity contribution in [2.24, 2.45) is 0 Å². The second-order valence-corrected chi connectivity index (χ2v) is 10.5. The molecule has 1 N–H and O–H groups in total. The van der Waals surface area contributed by atoms with E-state index >= 15 is 4.39 Å². The zero-order chi connectivity index (χ0) is 27.3. The lowest BCUT2D eigenvalue weighted by Gasteiger charge is -2.19. The number of nitrogens with one attached hydrogen (secondary N) is 1. The van der Waals surface area contributed by atoms with Crippen molar-refractivity contribution in [1.29, 1.82) is 5.26 Å². The zero-order valence-electron chi connectivity index (χ0n) is 19.7. The standard InChI is InChI=1S/C24H17F5N4O2S2/c1-23(2,3)35-22(34)33-21-12(8-30)15-10(5-6-14(25)19(15)37-21)16-13(24(27,28)29)7-11-18(17(16)26)31-9-32-20(11)36-4/h5-7,9H,1-4H3,(H,33,34). The number of hydrogen-bond donors (Lipinski definition) is 1. The van der Waals surface area contributed by atoms with Crippen LogP contribution in [-0.2, 0) is 10.9 Å². The van der Waals surface area contributed by atoms with E-state index in [9.17, 15) is 27.6 Å². The van der Waals surface area contributed by atoms with E-state index in [-0.39, 0.29) is 42.1 Å². The Hall–Kier alpha value is -3.50. The third-order valence-electron chi connectivity index (χ3n) is 5.12. The molecule has 0 saturated carbocycles. The molecule has 0 saturated heterocycles. The van der Waals surface area contributed by atoms with Crippen LogP contribution in [0.4, 0.5) is 31.7 Å². The van der Waals surface area contributed by atoms with Crippen molar-refractivity contribution in [1.82, 2.24) is 9.97 Å². The van der Waals surface area contributed by atoms with Gasteiger partial charge in [-0.2, -0.15) is 18.4 Å². The SMILES string of the molecule is CSc1ncnc2c(F)c(-c3ccc(F)c4sc(NC(=O)OC(C)(C)C)c(C#N)c34)c(C(F)(F)F)cc12. The zero-order valence-corrected chi connectivity index (χ0v) is 21.3. The lowest BCUT2D eigenvalue weighted by Crippen LogP contribution is -2.27. The van der Waals surface area contributed by atoms with Gasteiger partial charge in [-0.15, -0.1) is 23.1 Å². The van der Waals surface area contributed by atoms with Gasteiger partial charge in [0.05, 0.1) is 15.8 Å². The summed E-state index contributed by atoms with van der Waals surface area (Å²) in [6, 6.07) is 4.39. The highest BCUT2D eigenvalue weighted by Crippen LogP contribution is 2.48. The smallest absolute Gasteiger partial charge is 0.417 e. The van der Waals surface area contributed by atoms with Gasteiger partial charge in [-0.25, -0.2) is 23.5 Å². The van der Waals surface area contributed by atoms with E-state index in [0.29, 0.717) is 11.3 Å². The molecule has 2 aromatic carbocycles. The van der Waals surface area contributed by atoms with Crippen molar-refractivity contribution in [3.63, 3.8) is 0 Å². The number of amides is 1. The van der Waals surface area contributed by atoms with Crippen LogP contribution in [0.15, 0.2) is 29.6 Å². The molecule has 0 aliphatic heterocycles. The van der Waals surface area contributed by atoms with Crippen LogP contribution in [0, 0.1) is 23.0 Å². The number of aromatic nitrogens is 2. The summed E-state index contributed by atoms with van der Waals surface area (Å²) in [5, 5.41) is 11.8. The number of carbonyl (C=O) groups is 1. The van der Waals surface area contributed by atoms with Gasteiger partial charge in [0.1, 0.15) is 39.4 Å². The normalized spacial score (nSPS) is 12.1. The average molecular weight is 553 g/mol. The van der Waals surface area contributed by atoms with Crippen LogP contribution in [0.1, 0.15) is 31.9 Å². The Balaban J connectivity index is 2.07. The summed E-state index contributed by atoms with van der Waals surface area (Å²) in [5.74, 6) is -2.16. The molecule has 4 rings (SSSR count). The van der Waals surface area contributed by atoms with Gasteiger partial charge in [0.25, 0.3) is 0 Å². The Morgan fingerprint density at radius 3 is 2.49 bits per heavy atom. The molecule has 0 bridgehead atoms. The van der Waals surface area contributed by atoms with Crippen molar-refractivity contribution >= 4 is 55.2 Å². The summed E-state index contributed by atoms with van der Waals surface area (Å²) < 4.78 is 78.4. The molecule has 0 aliphatic rings. The minimum Gasteiger partial charge on any atom is -0.444 e. The van der Waals surface area contributed by atoms with Crippen molar-refractivity contribution in [3.05, 3.63) is 47.3 Å². The summed E-state index contributed by atoms with van der Waals surface area (Å²) >= 11 is 1.65. The predicted octanol–water partition coefficient (Wildman–Crippen LogP) is 7.75. The van der Waals surface area contributed by atoms with Crippen molar-refractivity contribution in [2.75, 3.05) is 11.6 Å².